The van der Waals surface area contributed by atoms with E-state index in [1.807, 2.05) is 18.2 Å². The highest BCUT2D eigenvalue weighted by atomic mass is 32.1. The first-order chi connectivity index (χ1) is 5.29. The fraction of sp³-hybridized carbons (Fsp3) is 0. The zero-order valence-corrected chi connectivity index (χ0v) is 6.45. The number of aliphatic hydroxyl groups is 1. The van der Waals surface area contributed by atoms with Crippen LogP contribution in [0.1, 0.15) is 0 Å². The summed E-state index contributed by atoms with van der Waals surface area (Å²) in [7, 11) is 0. The second-order valence-electron chi connectivity index (χ2n) is 1.82. The molecule has 3 nitrogen and oxygen atoms in total. The first-order valence-corrected chi connectivity index (χ1v) is 3.39. The maximum absolute atomic E-state index is 8.48. The molecule has 0 amide bonds. The van der Waals surface area contributed by atoms with Gasteiger partial charge >= 0.3 is 0 Å². The van der Waals surface area contributed by atoms with Gasteiger partial charge in [0.2, 0.25) is 0 Å². The van der Waals surface area contributed by atoms with E-state index in [9.17, 15) is 0 Å². The lowest BCUT2D eigenvalue weighted by Gasteiger charge is -1.87. The molecule has 0 saturated heterocycles. The van der Waals surface area contributed by atoms with Crippen LogP contribution in [0.15, 0.2) is 40.6 Å². The topological polar surface area (TPSA) is 45.0 Å². The van der Waals surface area contributed by atoms with Gasteiger partial charge in [-0.1, -0.05) is 18.2 Å². The molecule has 0 spiro atoms. The first kappa shape index (κ1) is 7.81. The van der Waals surface area contributed by atoms with Crippen molar-refractivity contribution in [2.75, 3.05) is 0 Å². The Bertz CT molecular complexity index is 271. The highest BCUT2D eigenvalue weighted by Gasteiger charge is 1.85. The van der Waals surface area contributed by atoms with Crippen LogP contribution in [-0.2, 0) is 0 Å². The minimum atomic E-state index is -0.450. The Morgan fingerprint density at radius 2 is 1.91 bits per heavy atom. The summed E-state index contributed by atoms with van der Waals surface area (Å²) in [5, 5.41) is 15.0. The van der Waals surface area contributed by atoms with E-state index < -0.39 is 5.17 Å². The van der Waals surface area contributed by atoms with Gasteiger partial charge in [-0.05, 0) is 24.4 Å². The van der Waals surface area contributed by atoms with Gasteiger partial charge in [0, 0.05) is 0 Å². The van der Waals surface area contributed by atoms with E-state index in [1.54, 1.807) is 12.1 Å². The number of thiocarbonyl (C=S) groups is 1. The molecule has 56 valence electrons. The Labute approximate surface area is 69.4 Å². The third-order valence-electron chi connectivity index (χ3n) is 1.01. The van der Waals surface area contributed by atoms with Gasteiger partial charge in [0.1, 0.15) is 0 Å². The fourth-order valence-electron chi connectivity index (χ4n) is 0.595. The van der Waals surface area contributed by atoms with Gasteiger partial charge < -0.3 is 5.11 Å². The summed E-state index contributed by atoms with van der Waals surface area (Å²) >= 11 is 4.29. The van der Waals surface area contributed by atoms with Crippen LogP contribution in [0.3, 0.4) is 0 Å². The molecule has 0 aliphatic heterocycles. The van der Waals surface area contributed by atoms with Crippen molar-refractivity contribution in [3.05, 3.63) is 30.3 Å². The number of nitrogens with zero attached hydrogens (tertiary/aromatic N) is 2. The monoisotopic (exact) mass is 166 g/mol. The molecule has 0 aliphatic carbocycles. The first-order valence-electron chi connectivity index (χ1n) is 2.99. The third-order valence-corrected chi connectivity index (χ3v) is 1.09. The molecular weight excluding hydrogens is 160 g/mol. The second-order valence-corrected chi connectivity index (χ2v) is 2.18. The van der Waals surface area contributed by atoms with E-state index in [1.165, 1.54) is 0 Å². The second kappa shape index (κ2) is 3.78. The van der Waals surface area contributed by atoms with Crippen molar-refractivity contribution in [3.63, 3.8) is 0 Å². The van der Waals surface area contributed by atoms with Gasteiger partial charge in [0.05, 0.1) is 5.69 Å². The largest absolute Gasteiger partial charge is 0.484 e. The molecule has 4 heteroatoms. The summed E-state index contributed by atoms with van der Waals surface area (Å²) in [5.74, 6) is 0. The van der Waals surface area contributed by atoms with Crippen molar-refractivity contribution in [1.29, 1.82) is 0 Å². The molecule has 0 aliphatic rings. The average Bonchev–Trinajstić information content (AvgIpc) is 2.03. The summed E-state index contributed by atoms with van der Waals surface area (Å²) < 4.78 is 0. The Kier molecular flexibility index (Phi) is 2.68. The molecule has 1 aromatic carbocycles. The predicted molar refractivity (Wildman–Crippen MR) is 46.2 cm³/mol. The molecule has 1 N–H and O–H groups in total. The molecular formula is C7H6N2OS. The van der Waals surface area contributed by atoms with Crippen LogP contribution in [0.4, 0.5) is 5.69 Å². The lowest BCUT2D eigenvalue weighted by atomic mass is 10.3. The molecule has 0 saturated carbocycles. The zero-order valence-electron chi connectivity index (χ0n) is 5.64. The Balaban J connectivity index is 2.72. The third kappa shape index (κ3) is 2.86. The van der Waals surface area contributed by atoms with Gasteiger partial charge in [-0.25, -0.2) is 0 Å². The van der Waals surface area contributed by atoms with E-state index in [2.05, 4.69) is 22.4 Å². The van der Waals surface area contributed by atoms with Crippen molar-refractivity contribution in [1.82, 2.24) is 0 Å². The van der Waals surface area contributed by atoms with Crippen LogP contribution < -0.4 is 0 Å². The quantitative estimate of drug-likeness (QED) is 0.514. The maximum atomic E-state index is 8.48. The molecule has 0 aromatic heterocycles. The molecule has 0 fully saturated rings. The minimum absolute atomic E-state index is 0.450. The summed E-state index contributed by atoms with van der Waals surface area (Å²) in [6.07, 6.45) is 0. The summed E-state index contributed by atoms with van der Waals surface area (Å²) in [5.41, 5.74) is 0.670. The summed E-state index contributed by atoms with van der Waals surface area (Å²) in [6.45, 7) is 0. The van der Waals surface area contributed by atoms with Gasteiger partial charge in [0.15, 0.2) is 0 Å². The molecule has 11 heavy (non-hydrogen) atoms. The zero-order chi connectivity index (χ0) is 8.10. The minimum Gasteiger partial charge on any atom is -0.484 e. The molecule has 0 heterocycles. The normalized spacial score (nSPS) is 10.2. The van der Waals surface area contributed by atoms with Gasteiger partial charge in [-0.3, -0.25) is 0 Å². The number of hydrogen-bond donors (Lipinski definition) is 1. The van der Waals surface area contributed by atoms with Crippen molar-refractivity contribution in [2.45, 2.75) is 0 Å². The molecule has 1 rings (SSSR count). The van der Waals surface area contributed by atoms with Crippen molar-refractivity contribution >= 4 is 23.1 Å². The molecule has 0 bridgehead atoms. The SMILES string of the molecule is OC(=S)N=Nc1ccccc1. The highest BCUT2D eigenvalue weighted by Crippen LogP contribution is 2.09. The maximum Gasteiger partial charge on any atom is 0.300 e. The van der Waals surface area contributed by atoms with E-state index in [4.69, 9.17) is 5.11 Å². The number of azo groups is 1. The Hall–Kier alpha value is -1.29. The smallest absolute Gasteiger partial charge is 0.300 e. The van der Waals surface area contributed by atoms with E-state index >= 15 is 0 Å². The van der Waals surface area contributed by atoms with Crippen molar-refractivity contribution in [2.24, 2.45) is 10.2 Å². The van der Waals surface area contributed by atoms with Crippen LogP contribution in [0.5, 0.6) is 0 Å². The molecule has 1 aromatic rings. The Morgan fingerprint density at radius 3 is 2.45 bits per heavy atom. The highest BCUT2D eigenvalue weighted by molar-refractivity contribution is 7.79. The van der Waals surface area contributed by atoms with Crippen LogP contribution in [0.2, 0.25) is 0 Å². The lowest BCUT2D eigenvalue weighted by molar-refractivity contribution is 0.556. The van der Waals surface area contributed by atoms with Gasteiger partial charge in [-0.2, -0.15) is 0 Å². The number of benzene rings is 1. The van der Waals surface area contributed by atoms with E-state index in [0.717, 1.165) is 0 Å². The predicted octanol–water partition coefficient (Wildman–Crippen LogP) is 2.61. The fourth-order valence-corrected chi connectivity index (χ4v) is 0.636. The molecule has 0 atom stereocenters. The average molecular weight is 166 g/mol. The van der Waals surface area contributed by atoms with Gasteiger partial charge in [-0.15, -0.1) is 10.2 Å². The van der Waals surface area contributed by atoms with Crippen molar-refractivity contribution < 1.29 is 5.11 Å². The summed E-state index contributed by atoms with van der Waals surface area (Å²) in [4.78, 5) is 0. The number of hydrogen-bond acceptors (Lipinski definition) is 2. The van der Waals surface area contributed by atoms with E-state index in [-0.39, 0.29) is 0 Å². The Morgan fingerprint density at radius 1 is 1.27 bits per heavy atom. The number of rotatable bonds is 1. The van der Waals surface area contributed by atoms with Crippen LogP contribution in [0.25, 0.3) is 0 Å². The van der Waals surface area contributed by atoms with Crippen molar-refractivity contribution in [3.8, 4) is 0 Å². The molecule has 0 unspecified atom stereocenters. The van der Waals surface area contributed by atoms with E-state index in [0.29, 0.717) is 5.69 Å². The van der Waals surface area contributed by atoms with Crippen LogP contribution >= 0.6 is 12.2 Å². The van der Waals surface area contributed by atoms with Crippen LogP contribution in [-0.4, -0.2) is 10.3 Å². The van der Waals surface area contributed by atoms with Gasteiger partial charge in [0.25, 0.3) is 5.17 Å². The number of aliphatic hydroxyl groups excluding tert-OH is 1. The standard InChI is InChI=1S/C7H6N2OS/c10-7(11)9-8-6-4-2-1-3-5-6/h1-5H,(H,10,11). The van der Waals surface area contributed by atoms with Crippen LogP contribution in [0, 0.1) is 0 Å². The lowest BCUT2D eigenvalue weighted by Crippen LogP contribution is -1.79. The molecule has 0 radical (unpaired) electrons. The summed E-state index contributed by atoms with van der Waals surface area (Å²) in [6, 6.07) is 9.06.